The number of carbonyl (C=O) groups excluding carboxylic acids is 2. The Morgan fingerprint density at radius 2 is 1.93 bits per heavy atom. The van der Waals surface area contributed by atoms with Gasteiger partial charge >= 0.3 is 5.97 Å². The third-order valence-corrected chi connectivity index (χ3v) is 5.05. The lowest BCUT2D eigenvalue weighted by Crippen LogP contribution is -2.30. The molecule has 2 aromatic heterocycles. The lowest BCUT2D eigenvalue weighted by Gasteiger charge is -2.16. The summed E-state index contributed by atoms with van der Waals surface area (Å²) in [6.07, 6.45) is 0. The molecular formula is C20H20FN3O3S. The van der Waals surface area contributed by atoms with Crippen molar-refractivity contribution in [3.63, 3.8) is 0 Å². The molecule has 28 heavy (non-hydrogen) atoms. The van der Waals surface area contributed by atoms with Gasteiger partial charge in [0, 0.05) is 13.6 Å². The second-order valence-corrected chi connectivity index (χ2v) is 7.17. The zero-order valence-corrected chi connectivity index (χ0v) is 16.6. The second-order valence-electron chi connectivity index (χ2n) is 6.39. The zero-order chi connectivity index (χ0) is 20.3. The van der Waals surface area contributed by atoms with Crippen LogP contribution in [0.4, 0.5) is 4.39 Å². The second kappa shape index (κ2) is 8.35. The fraction of sp³-hybridized carbons (Fsp3) is 0.250. The van der Waals surface area contributed by atoms with Gasteiger partial charge in [-0.25, -0.2) is 13.9 Å². The molecule has 0 radical (unpaired) electrons. The summed E-state index contributed by atoms with van der Waals surface area (Å²) in [5.74, 6) is -1.25. The molecule has 0 bridgehead atoms. The summed E-state index contributed by atoms with van der Waals surface area (Å²) >= 11 is 1.56. The van der Waals surface area contributed by atoms with Crippen LogP contribution in [0.25, 0.3) is 5.69 Å². The molecule has 6 nitrogen and oxygen atoms in total. The molecule has 146 valence electrons. The van der Waals surface area contributed by atoms with Crippen molar-refractivity contribution in [3.8, 4) is 5.69 Å². The predicted octanol–water partition coefficient (Wildman–Crippen LogP) is 3.51. The Morgan fingerprint density at radius 1 is 1.21 bits per heavy atom. The van der Waals surface area contributed by atoms with Crippen LogP contribution in [-0.4, -0.2) is 40.2 Å². The quantitative estimate of drug-likeness (QED) is 0.593. The fourth-order valence-electron chi connectivity index (χ4n) is 2.83. The lowest BCUT2D eigenvalue weighted by molar-refractivity contribution is -0.133. The van der Waals surface area contributed by atoms with Gasteiger partial charge in [0.15, 0.2) is 6.61 Å². The van der Waals surface area contributed by atoms with Crippen molar-refractivity contribution in [2.75, 3.05) is 13.7 Å². The molecule has 1 aromatic carbocycles. The van der Waals surface area contributed by atoms with E-state index < -0.39 is 5.97 Å². The van der Waals surface area contributed by atoms with E-state index in [0.29, 0.717) is 29.2 Å². The highest BCUT2D eigenvalue weighted by Crippen LogP contribution is 2.19. The van der Waals surface area contributed by atoms with E-state index in [0.717, 1.165) is 5.56 Å². The maximum Gasteiger partial charge on any atom is 0.342 e. The number of aryl methyl sites for hydroxylation is 1. The summed E-state index contributed by atoms with van der Waals surface area (Å²) in [4.78, 5) is 26.3. The van der Waals surface area contributed by atoms with Crippen LogP contribution in [0.5, 0.6) is 0 Å². The van der Waals surface area contributed by atoms with Gasteiger partial charge in [-0.15, -0.1) is 0 Å². The number of benzene rings is 1. The van der Waals surface area contributed by atoms with E-state index in [1.54, 1.807) is 49.0 Å². The van der Waals surface area contributed by atoms with E-state index in [1.165, 1.54) is 17.0 Å². The SMILES string of the molecule is Cc1nn(-c2ccc(F)cc2)c(C)c1C(=O)OCC(=O)N(C)Cc1ccsc1. The molecule has 3 rings (SSSR count). The number of carbonyl (C=O) groups is 2. The summed E-state index contributed by atoms with van der Waals surface area (Å²) in [5.41, 5.74) is 3.00. The van der Waals surface area contributed by atoms with Gasteiger partial charge in [-0.2, -0.15) is 16.4 Å². The van der Waals surface area contributed by atoms with Crippen LogP contribution in [0.2, 0.25) is 0 Å². The van der Waals surface area contributed by atoms with E-state index in [4.69, 9.17) is 4.74 Å². The number of ether oxygens (including phenoxy) is 1. The summed E-state index contributed by atoms with van der Waals surface area (Å²) in [6, 6.07) is 7.74. The highest BCUT2D eigenvalue weighted by atomic mass is 32.1. The average molecular weight is 401 g/mol. The number of amides is 1. The molecule has 0 aliphatic rings. The van der Waals surface area contributed by atoms with Crippen LogP contribution in [0, 0.1) is 19.7 Å². The molecule has 0 fully saturated rings. The Balaban J connectivity index is 1.67. The first kappa shape index (κ1) is 19.8. The van der Waals surface area contributed by atoms with Crippen LogP contribution in [0.1, 0.15) is 27.3 Å². The molecule has 0 saturated heterocycles. The van der Waals surface area contributed by atoms with Crippen molar-refractivity contribution in [2.24, 2.45) is 0 Å². The topological polar surface area (TPSA) is 64.4 Å². The van der Waals surface area contributed by atoms with Gasteiger partial charge in [-0.3, -0.25) is 4.79 Å². The molecule has 0 unspecified atom stereocenters. The van der Waals surface area contributed by atoms with Crippen molar-refractivity contribution in [2.45, 2.75) is 20.4 Å². The first-order valence-electron chi connectivity index (χ1n) is 8.61. The van der Waals surface area contributed by atoms with Crippen molar-refractivity contribution in [1.29, 1.82) is 0 Å². The van der Waals surface area contributed by atoms with Crippen molar-refractivity contribution in [1.82, 2.24) is 14.7 Å². The predicted molar refractivity (Wildman–Crippen MR) is 104 cm³/mol. The Hall–Kier alpha value is -3.00. The van der Waals surface area contributed by atoms with Gasteiger partial charge in [0.25, 0.3) is 5.91 Å². The van der Waals surface area contributed by atoms with E-state index in [1.807, 2.05) is 16.8 Å². The van der Waals surface area contributed by atoms with Gasteiger partial charge in [0.1, 0.15) is 11.4 Å². The van der Waals surface area contributed by atoms with Crippen LogP contribution >= 0.6 is 11.3 Å². The molecule has 3 aromatic rings. The van der Waals surface area contributed by atoms with Gasteiger partial charge in [0.2, 0.25) is 0 Å². The highest BCUT2D eigenvalue weighted by molar-refractivity contribution is 7.07. The van der Waals surface area contributed by atoms with Gasteiger partial charge in [-0.05, 0) is 60.5 Å². The minimum absolute atomic E-state index is 0.291. The molecule has 0 spiro atoms. The van der Waals surface area contributed by atoms with Crippen molar-refractivity contribution >= 4 is 23.2 Å². The first-order valence-corrected chi connectivity index (χ1v) is 9.55. The number of halogens is 1. The van der Waals surface area contributed by atoms with Gasteiger partial charge < -0.3 is 9.64 Å². The number of aromatic nitrogens is 2. The molecule has 1 amide bonds. The first-order chi connectivity index (χ1) is 13.4. The summed E-state index contributed by atoms with van der Waals surface area (Å²) in [7, 11) is 1.66. The molecule has 0 aliphatic carbocycles. The third kappa shape index (κ3) is 4.28. The minimum atomic E-state index is -0.611. The minimum Gasteiger partial charge on any atom is -0.452 e. The summed E-state index contributed by atoms with van der Waals surface area (Å²) < 4.78 is 19.9. The third-order valence-electron chi connectivity index (χ3n) is 4.32. The number of esters is 1. The zero-order valence-electron chi connectivity index (χ0n) is 15.8. The Kier molecular flexibility index (Phi) is 5.89. The van der Waals surface area contributed by atoms with Crippen LogP contribution < -0.4 is 0 Å². The summed E-state index contributed by atoms with van der Waals surface area (Å²) in [5, 5.41) is 8.25. The Morgan fingerprint density at radius 3 is 2.57 bits per heavy atom. The van der Waals surface area contributed by atoms with Gasteiger partial charge in [-0.1, -0.05) is 0 Å². The fourth-order valence-corrected chi connectivity index (χ4v) is 3.49. The Labute approximate surface area is 166 Å². The Bertz CT molecular complexity index is 981. The van der Waals surface area contributed by atoms with E-state index in [9.17, 15) is 14.0 Å². The molecule has 0 aliphatic heterocycles. The molecule has 2 heterocycles. The van der Waals surface area contributed by atoms with E-state index in [2.05, 4.69) is 5.10 Å². The van der Waals surface area contributed by atoms with Crippen molar-refractivity contribution in [3.05, 3.63) is 69.4 Å². The number of rotatable bonds is 6. The maximum atomic E-state index is 13.1. The molecule has 0 N–H and O–H groups in total. The largest absolute Gasteiger partial charge is 0.452 e. The number of nitrogens with zero attached hydrogens (tertiary/aromatic N) is 3. The monoisotopic (exact) mass is 401 g/mol. The number of likely N-dealkylation sites (N-methyl/N-ethyl adjacent to an activating group) is 1. The van der Waals surface area contributed by atoms with Crippen LogP contribution in [0.3, 0.4) is 0 Å². The molecule has 8 heteroatoms. The normalized spacial score (nSPS) is 10.7. The summed E-state index contributed by atoms with van der Waals surface area (Å²) in [6.45, 7) is 3.53. The standard InChI is InChI=1S/C20H20FN3O3S/c1-13-19(14(2)24(22-13)17-6-4-16(21)5-7-17)20(26)27-11-18(25)23(3)10-15-8-9-28-12-15/h4-9,12H,10-11H2,1-3H3. The number of hydrogen-bond acceptors (Lipinski definition) is 5. The smallest absolute Gasteiger partial charge is 0.342 e. The molecule has 0 atom stereocenters. The van der Waals surface area contributed by atoms with E-state index >= 15 is 0 Å². The average Bonchev–Trinajstić information content (AvgIpc) is 3.27. The van der Waals surface area contributed by atoms with E-state index in [-0.39, 0.29) is 18.3 Å². The van der Waals surface area contributed by atoms with Gasteiger partial charge in [0.05, 0.1) is 17.1 Å². The molecular weight excluding hydrogens is 381 g/mol. The lowest BCUT2D eigenvalue weighted by atomic mass is 10.2. The molecule has 0 saturated carbocycles. The number of thiophene rings is 1. The maximum absolute atomic E-state index is 13.1. The van der Waals surface area contributed by atoms with Crippen molar-refractivity contribution < 1.29 is 18.7 Å². The van der Waals surface area contributed by atoms with Crippen LogP contribution in [0.15, 0.2) is 41.1 Å². The number of hydrogen-bond donors (Lipinski definition) is 0. The van der Waals surface area contributed by atoms with Crippen LogP contribution in [-0.2, 0) is 16.1 Å². The highest BCUT2D eigenvalue weighted by Gasteiger charge is 2.22.